The maximum Gasteiger partial charge on any atom is 0.352 e. The Morgan fingerprint density at radius 2 is 1.80 bits per heavy atom. The predicted molar refractivity (Wildman–Crippen MR) is 84.7 cm³/mol. The van der Waals surface area contributed by atoms with E-state index in [1.54, 1.807) is 19.1 Å². The number of hydroxylamine groups is 2. The van der Waals surface area contributed by atoms with Crippen LogP contribution < -0.4 is 0 Å². The number of hydrogen-bond donors (Lipinski definition) is 0. The molecule has 0 N–H and O–H groups in total. The highest BCUT2D eigenvalue weighted by molar-refractivity contribution is 7.90. The zero-order chi connectivity index (χ0) is 18.0. The summed E-state index contributed by atoms with van der Waals surface area (Å²) < 4.78 is 26.6. The molecule has 2 fully saturated rings. The van der Waals surface area contributed by atoms with E-state index >= 15 is 0 Å². The molecule has 3 aliphatic rings. The van der Waals surface area contributed by atoms with Gasteiger partial charge in [-0.05, 0) is 38.3 Å². The van der Waals surface area contributed by atoms with Gasteiger partial charge < -0.3 is 4.84 Å². The first-order chi connectivity index (χ1) is 11.8. The van der Waals surface area contributed by atoms with Gasteiger partial charge in [-0.1, -0.05) is 17.2 Å². The van der Waals surface area contributed by atoms with Crippen molar-refractivity contribution in [2.24, 2.45) is 0 Å². The minimum atomic E-state index is -3.86. The van der Waals surface area contributed by atoms with Crippen LogP contribution in [0.2, 0.25) is 0 Å². The van der Waals surface area contributed by atoms with Gasteiger partial charge in [-0.15, -0.1) is 0 Å². The Bertz CT molecular complexity index is 876. The topological polar surface area (TPSA) is 101 Å². The summed E-state index contributed by atoms with van der Waals surface area (Å²) in [7, 11) is -3.86. The summed E-state index contributed by atoms with van der Waals surface area (Å²) in [6, 6.07) is 6.08. The molecule has 0 unspecified atom stereocenters. The van der Waals surface area contributed by atoms with Crippen molar-refractivity contribution in [1.82, 2.24) is 9.37 Å². The van der Waals surface area contributed by atoms with E-state index in [2.05, 4.69) is 0 Å². The van der Waals surface area contributed by atoms with Gasteiger partial charge in [0.1, 0.15) is 0 Å². The summed E-state index contributed by atoms with van der Waals surface area (Å²) in [5, 5.41) is -1.05. The van der Waals surface area contributed by atoms with Gasteiger partial charge in [0.15, 0.2) is 5.25 Å². The average Bonchev–Trinajstić information content (AvgIpc) is 3.14. The molecule has 0 aromatic heterocycles. The van der Waals surface area contributed by atoms with E-state index in [9.17, 15) is 22.8 Å². The number of amides is 2. The molecule has 1 aromatic carbocycles. The van der Waals surface area contributed by atoms with Crippen LogP contribution in [-0.2, 0) is 19.7 Å². The van der Waals surface area contributed by atoms with Crippen LogP contribution in [0.25, 0.3) is 0 Å². The zero-order valence-electron chi connectivity index (χ0n) is 13.5. The summed E-state index contributed by atoms with van der Waals surface area (Å²) in [5.41, 5.74) is -0.353. The molecule has 2 atom stereocenters. The lowest BCUT2D eigenvalue weighted by atomic mass is 9.94. The SMILES string of the molecule is C[C@@]12CCCN1S(=O)(=O)[C@@H](C(=O)ON1C(=O)c3ccccc3C1=O)C2. The zero-order valence-corrected chi connectivity index (χ0v) is 14.3. The molecule has 3 aliphatic heterocycles. The number of carbonyl (C=O) groups is 3. The Kier molecular flexibility index (Phi) is 3.32. The molecule has 0 spiro atoms. The molecule has 0 saturated carbocycles. The first kappa shape index (κ1) is 16.2. The standard InChI is InChI=1S/C16H16N2O6S/c1-16-7-4-8-17(16)25(22,23)12(9-16)15(21)24-18-13(19)10-5-2-3-6-11(10)14(18)20/h2-3,5-6,12H,4,7-9H2,1H3/t12-,16+/m1/s1. The van der Waals surface area contributed by atoms with Gasteiger partial charge in [0, 0.05) is 12.1 Å². The Morgan fingerprint density at radius 3 is 2.36 bits per heavy atom. The fourth-order valence-corrected chi connectivity index (χ4v) is 6.23. The van der Waals surface area contributed by atoms with Gasteiger partial charge >= 0.3 is 5.97 Å². The number of rotatable bonds is 2. The second kappa shape index (κ2) is 5.12. The van der Waals surface area contributed by atoms with E-state index in [0.29, 0.717) is 18.0 Å². The maximum atomic E-state index is 12.6. The number of benzene rings is 1. The van der Waals surface area contributed by atoms with Crippen LogP contribution in [0, 0.1) is 0 Å². The molecule has 25 heavy (non-hydrogen) atoms. The van der Waals surface area contributed by atoms with Crippen LogP contribution in [0.1, 0.15) is 46.9 Å². The predicted octanol–water partition coefficient (Wildman–Crippen LogP) is 0.697. The summed E-state index contributed by atoms with van der Waals surface area (Å²) in [4.78, 5) is 41.9. The van der Waals surface area contributed by atoms with Crippen molar-refractivity contribution in [2.45, 2.75) is 37.0 Å². The molecule has 2 saturated heterocycles. The lowest BCUT2D eigenvalue weighted by molar-refractivity contribution is -0.168. The number of carbonyl (C=O) groups excluding carboxylic acids is 3. The van der Waals surface area contributed by atoms with Crippen molar-refractivity contribution in [3.05, 3.63) is 35.4 Å². The summed E-state index contributed by atoms with van der Waals surface area (Å²) in [5.74, 6) is -2.63. The average molecular weight is 364 g/mol. The van der Waals surface area contributed by atoms with E-state index in [-0.39, 0.29) is 17.5 Å². The normalized spacial score (nSPS) is 30.4. The Balaban J connectivity index is 1.58. The van der Waals surface area contributed by atoms with Crippen molar-refractivity contribution >= 4 is 27.8 Å². The van der Waals surface area contributed by atoms with Crippen molar-refractivity contribution < 1.29 is 27.6 Å². The second-order valence-electron chi connectivity index (χ2n) is 6.77. The van der Waals surface area contributed by atoms with Crippen LogP contribution in [0.3, 0.4) is 0 Å². The van der Waals surface area contributed by atoms with E-state index < -0.39 is 38.6 Å². The Labute approximate surface area is 144 Å². The first-order valence-electron chi connectivity index (χ1n) is 7.97. The summed E-state index contributed by atoms with van der Waals surface area (Å²) in [6.45, 7) is 2.17. The second-order valence-corrected chi connectivity index (χ2v) is 8.81. The Morgan fingerprint density at radius 1 is 1.20 bits per heavy atom. The highest BCUT2D eigenvalue weighted by Gasteiger charge is 2.59. The van der Waals surface area contributed by atoms with Crippen molar-refractivity contribution in [3.8, 4) is 0 Å². The summed E-state index contributed by atoms with van der Waals surface area (Å²) in [6.07, 6.45) is 1.51. The third kappa shape index (κ3) is 2.15. The lowest BCUT2D eigenvalue weighted by Gasteiger charge is -2.24. The van der Waals surface area contributed by atoms with Crippen LogP contribution in [0.15, 0.2) is 24.3 Å². The third-order valence-electron chi connectivity index (χ3n) is 5.17. The fourth-order valence-electron chi connectivity index (χ4n) is 3.90. The maximum absolute atomic E-state index is 12.6. The van der Waals surface area contributed by atoms with E-state index in [1.165, 1.54) is 16.4 Å². The van der Waals surface area contributed by atoms with Gasteiger partial charge in [-0.25, -0.2) is 13.2 Å². The van der Waals surface area contributed by atoms with Gasteiger partial charge in [-0.2, -0.15) is 4.31 Å². The molecule has 0 bridgehead atoms. The van der Waals surface area contributed by atoms with Crippen molar-refractivity contribution in [1.29, 1.82) is 0 Å². The van der Waals surface area contributed by atoms with Gasteiger partial charge in [0.25, 0.3) is 11.8 Å². The molecular weight excluding hydrogens is 348 g/mol. The quantitative estimate of drug-likeness (QED) is 0.716. The van der Waals surface area contributed by atoms with Crippen LogP contribution >= 0.6 is 0 Å². The molecule has 4 rings (SSSR count). The monoisotopic (exact) mass is 364 g/mol. The number of nitrogens with zero attached hydrogens (tertiary/aromatic N) is 2. The summed E-state index contributed by atoms with van der Waals surface area (Å²) >= 11 is 0. The van der Waals surface area contributed by atoms with Crippen LogP contribution in [0.5, 0.6) is 0 Å². The van der Waals surface area contributed by atoms with Crippen LogP contribution in [0.4, 0.5) is 0 Å². The van der Waals surface area contributed by atoms with E-state index in [1.807, 2.05) is 0 Å². The smallest absolute Gasteiger partial charge is 0.328 e. The van der Waals surface area contributed by atoms with Gasteiger partial charge in [-0.3, -0.25) is 9.59 Å². The Hall–Kier alpha value is -2.26. The van der Waals surface area contributed by atoms with Crippen molar-refractivity contribution in [3.63, 3.8) is 0 Å². The molecule has 0 radical (unpaired) electrons. The molecule has 3 heterocycles. The van der Waals surface area contributed by atoms with Gasteiger partial charge in [0.2, 0.25) is 10.0 Å². The number of imide groups is 1. The molecule has 2 amide bonds. The lowest BCUT2D eigenvalue weighted by Crippen LogP contribution is -2.40. The molecular formula is C16H16N2O6S. The fraction of sp³-hybridized carbons (Fsp3) is 0.438. The number of hydrogen-bond acceptors (Lipinski definition) is 6. The van der Waals surface area contributed by atoms with E-state index in [4.69, 9.17) is 4.84 Å². The molecule has 8 nitrogen and oxygen atoms in total. The molecule has 132 valence electrons. The molecule has 9 heteroatoms. The molecule has 1 aromatic rings. The van der Waals surface area contributed by atoms with Crippen LogP contribution in [-0.4, -0.2) is 52.9 Å². The third-order valence-corrected chi connectivity index (χ3v) is 7.49. The van der Waals surface area contributed by atoms with Crippen molar-refractivity contribution in [2.75, 3.05) is 6.54 Å². The highest BCUT2D eigenvalue weighted by Crippen LogP contribution is 2.44. The molecule has 0 aliphatic carbocycles. The number of sulfonamides is 1. The minimum absolute atomic E-state index is 0.0946. The first-order valence-corrected chi connectivity index (χ1v) is 9.47. The number of fused-ring (bicyclic) bond motifs is 2. The minimum Gasteiger partial charge on any atom is -0.328 e. The largest absolute Gasteiger partial charge is 0.352 e. The van der Waals surface area contributed by atoms with Gasteiger partial charge in [0.05, 0.1) is 11.1 Å². The van der Waals surface area contributed by atoms with E-state index in [0.717, 1.165) is 6.42 Å². The highest BCUT2D eigenvalue weighted by atomic mass is 32.2.